The van der Waals surface area contributed by atoms with Crippen LogP contribution in [-0.2, 0) is 16.6 Å². The maximum atomic E-state index is 14.0. The van der Waals surface area contributed by atoms with Gasteiger partial charge in [-0.05, 0) is 37.6 Å². The Hall–Kier alpha value is -1.59. The molecule has 0 aliphatic rings. The third-order valence-corrected chi connectivity index (χ3v) is 4.87. The van der Waals surface area contributed by atoms with Crippen molar-refractivity contribution in [1.82, 2.24) is 0 Å². The van der Waals surface area contributed by atoms with Crippen molar-refractivity contribution in [3.8, 4) is 0 Å². The monoisotopic (exact) mass is 341 g/mol. The van der Waals surface area contributed by atoms with Crippen molar-refractivity contribution in [2.24, 2.45) is 0 Å². The number of benzene rings is 2. The van der Waals surface area contributed by atoms with Crippen LogP contribution in [0.4, 0.5) is 10.1 Å². The molecule has 0 radical (unpaired) electrons. The maximum Gasteiger partial charge on any atom is 0.232 e. The van der Waals surface area contributed by atoms with E-state index in [0.29, 0.717) is 5.69 Å². The van der Waals surface area contributed by atoms with Gasteiger partial charge in [0, 0.05) is 10.6 Å². The van der Waals surface area contributed by atoms with Gasteiger partial charge in [0.25, 0.3) is 0 Å². The van der Waals surface area contributed by atoms with Crippen LogP contribution in [0.25, 0.3) is 0 Å². The summed E-state index contributed by atoms with van der Waals surface area (Å²) >= 11 is 6.01. The second-order valence-electron chi connectivity index (χ2n) is 5.26. The SMILES string of the molecule is Cc1ccc(N(Cc2c(F)cccc2Cl)S(C)(=O)=O)c(C)c1. The molecule has 0 N–H and O–H groups in total. The number of rotatable bonds is 4. The fourth-order valence-electron chi connectivity index (χ4n) is 2.29. The molecule has 0 aliphatic carbocycles. The molecule has 2 aromatic rings. The van der Waals surface area contributed by atoms with E-state index < -0.39 is 15.8 Å². The third-order valence-electron chi connectivity index (χ3n) is 3.38. The Kier molecular flexibility index (Phi) is 4.78. The lowest BCUT2D eigenvalue weighted by atomic mass is 10.1. The number of halogens is 2. The summed E-state index contributed by atoms with van der Waals surface area (Å²) in [5.74, 6) is -0.522. The summed E-state index contributed by atoms with van der Waals surface area (Å²) in [6, 6.07) is 9.73. The topological polar surface area (TPSA) is 37.4 Å². The molecule has 0 bridgehead atoms. The van der Waals surface area contributed by atoms with Gasteiger partial charge in [-0.15, -0.1) is 0 Å². The van der Waals surface area contributed by atoms with Crippen LogP contribution in [0.2, 0.25) is 5.02 Å². The van der Waals surface area contributed by atoms with Gasteiger partial charge in [-0.25, -0.2) is 12.8 Å². The molecule has 0 amide bonds. The van der Waals surface area contributed by atoms with E-state index in [4.69, 9.17) is 11.6 Å². The highest BCUT2D eigenvalue weighted by atomic mass is 35.5. The van der Waals surface area contributed by atoms with E-state index in [1.807, 2.05) is 26.0 Å². The second-order valence-corrected chi connectivity index (χ2v) is 7.57. The van der Waals surface area contributed by atoms with Crippen molar-refractivity contribution >= 4 is 27.3 Å². The molecule has 0 aliphatic heterocycles. The molecular weight excluding hydrogens is 325 g/mol. The van der Waals surface area contributed by atoms with E-state index in [9.17, 15) is 12.8 Å². The van der Waals surface area contributed by atoms with Crippen LogP contribution in [0.3, 0.4) is 0 Å². The second kappa shape index (κ2) is 6.26. The lowest BCUT2D eigenvalue weighted by Crippen LogP contribution is -2.30. The van der Waals surface area contributed by atoms with E-state index in [1.165, 1.54) is 16.4 Å². The minimum Gasteiger partial charge on any atom is -0.266 e. The highest BCUT2D eigenvalue weighted by molar-refractivity contribution is 7.92. The Labute approximate surface area is 135 Å². The Balaban J connectivity index is 2.53. The van der Waals surface area contributed by atoms with Crippen LogP contribution in [-0.4, -0.2) is 14.7 Å². The highest BCUT2D eigenvalue weighted by Crippen LogP contribution is 2.28. The van der Waals surface area contributed by atoms with Crippen LogP contribution in [0.15, 0.2) is 36.4 Å². The quantitative estimate of drug-likeness (QED) is 0.841. The molecule has 2 rings (SSSR count). The summed E-state index contributed by atoms with van der Waals surface area (Å²) in [5, 5.41) is 0.207. The van der Waals surface area contributed by atoms with Gasteiger partial charge in [0.05, 0.1) is 18.5 Å². The zero-order valence-corrected chi connectivity index (χ0v) is 14.2. The van der Waals surface area contributed by atoms with E-state index in [1.54, 1.807) is 12.1 Å². The van der Waals surface area contributed by atoms with Crippen LogP contribution < -0.4 is 4.31 Å². The van der Waals surface area contributed by atoms with Crippen LogP contribution in [0, 0.1) is 19.7 Å². The number of hydrogen-bond acceptors (Lipinski definition) is 2. The van der Waals surface area contributed by atoms with Crippen LogP contribution >= 0.6 is 11.6 Å². The molecule has 0 saturated carbocycles. The minimum atomic E-state index is -3.58. The zero-order chi connectivity index (χ0) is 16.5. The molecule has 3 nitrogen and oxygen atoms in total. The number of sulfonamides is 1. The molecule has 0 fully saturated rings. The van der Waals surface area contributed by atoms with Crippen molar-refractivity contribution in [2.75, 3.05) is 10.6 Å². The van der Waals surface area contributed by atoms with Gasteiger partial charge in [-0.3, -0.25) is 4.31 Å². The van der Waals surface area contributed by atoms with E-state index in [2.05, 4.69) is 0 Å². The number of aryl methyl sites for hydroxylation is 2. The summed E-state index contributed by atoms with van der Waals surface area (Å²) in [5.41, 5.74) is 2.51. The first-order chi connectivity index (χ1) is 10.2. The molecule has 0 heterocycles. The molecule has 0 aromatic heterocycles. The smallest absolute Gasteiger partial charge is 0.232 e. The van der Waals surface area contributed by atoms with Crippen LogP contribution in [0.5, 0.6) is 0 Å². The highest BCUT2D eigenvalue weighted by Gasteiger charge is 2.22. The van der Waals surface area contributed by atoms with Gasteiger partial charge in [0.15, 0.2) is 0 Å². The number of hydrogen-bond donors (Lipinski definition) is 0. The van der Waals surface area contributed by atoms with Gasteiger partial charge in [-0.2, -0.15) is 0 Å². The molecular formula is C16H17ClFNO2S. The van der Waals surface area contributed by atoms with Crippen molar-refractivity contribution in [1.29, 1.82) is 0 Å². The van der Waals surface area contributed by atoms with Crippen molar-refractivity contribution in [2.45, 2.75) is 20.4 Å². The Morgan fingerprint density at radius 1 is 1.18 bits per heavy atom. The van der Waals surface area contributed by atoms with Gasteiger partial charge >= 0.3 is 0 Å². The van der Waals surface area contributed by atoms with Gasteiger partial charge < -0.3 is 0 Å². The lowest BCUT2D eigenvalue weighted by molar-refractivity contribution is 0.590. The summed E-state index contributed by atoms with van der Waals surface area (Å²) < 4.78 is 39.5. The predicted molar refractivity (Wildman–Crippen MR) is 88.4 cm³/mol. The van der Waals surface area contributed by atoms with Crippen molar-refractivity contribution in [3.63, 3.8) is 0 Å². The summed E-state index contributed by atoms with van der Waals surface area (Å²) in [6.45, 7) is 3.60. The molecule has 22 heavy (non-hydrogen) atoms. The first-order valence-corrected chi connectivity index (χ1v) is 8.90. The number of nitrogens with zero attached hydrogens (tertiary/aromatic N) is 1. The third kappa shape index (κ3) is 3.59. The molecule has 0 unspecified atom stereocenters. The standard InChI is InChI=1S/C16H17ClFNO2S/c1-11-7-8-16(12(2)9-11)19(22(3,20)21)10-13-14(17)5-4-6-15(13)18/h4-9H,10H2,1-3H3. The predicted octanol–water partition coefficient (Wildman–Crippen LogP) is 4.06. The molecule has 118 valence electrons. The van der Waals surface area contributed by atoms with Crippen molar-refractivity contribution < 1.29 is 12.8 Å². The largest absolute Gasteiger partial charge is 0.266 e. The van der Waals surface area contributed by atoms with E-state index in [0.717, 1.165) is 17.4 Å². The van der Waals surface area contributed by atoms with E-state index >= 15 is 0 Å². The Bertz CT molecular complexity index is 786. The average Bonchev–Trinajstić information content (AvgIpc) is 2.38. The Morgan fingerprint density at radius 3 is 2.41 bits per heavy atom. The van der Waals surface area contributed by atoms with Gasteiger partial charge in [0.1, 0.15) is 5.82 Å². The zero-order valence-electron chi connectivity index (χ0n) is 12.6. The van der Waals surface area contributed by atoms with Gasteiger partial charge in [-0.1, -0.05) is 35.4 Å². The normalized spacial score (nSPS) is 11.5. The lowest BCUT2D eigenvalue weighted by Gasteiger charge is -2.25. The summed E-state index contributed by atoms with van der Waals surface area (Å²) in [7, 11) is -3.58. The first kappa shape index (κ1) is 16.8. The molecule has 0 saturated heterocycles. The van der Waals surface area contributed by atoms with Crippen molar-refractivity contribution in [3.05, 3.63) is 63.9 Å². The van der Waals surface area contributed by atoms with E-state index in [-0.39, 0.29) is 17.1 Å². The molecule has 0 spiro atoms. The molecule has 0 atom stereocenters. The fourth-order valence-corrected chi connectivity index (χ4v) is 3.44. The van der Waals surface area contributed by atoms with Crippen LogP contribution in [0.1, 0.15) is 16.7 Å². The van der Waals surface area contributed by atoms with Gasteiger partial charge in [0.2, 0.25) is 10.0 Å². The fraction of sp³-hybridized carbons (Fsp3) is 0.250. The Morgan fingerprint density at radius 2 is 1.86 bits per heavy atom. The maximum absolute atomic E-state index is 14.0. The summed E-state index contributed by atoms with van der Waals surface area (Å²) in [4.78, 5) is 0. The first-order valence-electron chi connectivity index (χ1n) is 6.68. The summed E-state index contributed by atoms with van der Waals surface area (Å²) in [6.07, 6.45) is 1.10. The minimum absolute atomic E-state index is 0.145. The molecule has 2 aromatic carbocycles. The molecule has 6 heteroatoms. The number of anilines is 1. The average molecular weight is 342 g/mol.